The Labute approximate surface area is 64.9 Å². The van der Waals surface area contributed by atoms with Crippen molar-refractivity contribution in [2.24, 2.45) is 0 Å². The van der Waals surface area contributed by atoms with Crippen LogP contribution in [0.4, 0.5) is 0 Å². The van der Waals surface area contributed by atoms with Gasteiger partial charge in [-0.1, -0.05) is 0 Å². The van der Waals surface area contributed by atoms with Crippen molar-refractivity contribution in [1.82, 2.24) is 15.5 Å². The van der Waals surface area contributed by atoms with E-state index in [2.05, 4.69) is 15.5 Å². The average Bonchev–Trinajstić information content (AvgIpc) is 2.47. The number of hydrogen-bond acceptors (Lipinski definition) is 3. The van der Waals surface area contributed by atoms with E-state index in [1.807, 2.05) is 0 Å². The Hall–Kier alpha value is -1.03. The maximum absolute atomic E-state index is 5.07. The fourth-order valence-electron chi connectivity index (χ4n) is 1.37. The Morgan fingerprint density at radius 2 is 2.45 bits per heavy atom. The summed E-state index contributed by atoms with van der Waals surface area (Å²) in [7, 11) is 1.64. The summed E-state index contributed by atoms with van der Waals surface area (Å²) < 4.78 is 5.07. The highest BCUT2D eigenvalue weighted by atomic mass is 16.5. The van der Waals surface area contributed by atoms with Crippen molar-refractivity contribution >= 4 is 0 Å². The molecule has 0 aliphatic carbocycles. The third-order valence-electron chi connectivity index (χ3n) is 1.96. The van der Waals surface area contributed by atoms with Gasteiger partial charge in [0, 0.05) is 25.2 Å². The molecule has 2 heterocycles. The number of hydrogen-bond donors (Lipinski definition) is 2. The van der Waals surface area contributed by atoms with E-state index < -0.39 is 0 Å². The van der Waals surface area contributed by atoms with E-state index in [4.69, 9.17) is 4.74 Å². The molecule has 2 rings (SSSR count). The Kier molecular flexibility index (Phi) is 1.54. The third-order valence-corrected chi connectivity index (χ3v) is 1.96. The Morgan fingerprint density at radius 3 is 3.27 bits per heavy atom. The second-order valence-electron chi connectivity index (χ2n) is 2.62. The highest BCUT2D eigenvalue weighted by molar-refractivity contribution is 5.31. The van der Waals surface area contributed by atoms with Crippen molar-refractivity contribution in [1.29, 1.82) is 0 Å². The van der Waals surface area contributed by atoms with Crippen molar-refractivity contribution in [3.63, 3.8) is 0 Å². The van der Waals surface area contributed by atoms with Gasteiger partial charge in [0.05, 0.1) is 12.7 Å². The largest absolute Gasteiger partial charge is 0.480 e. The SMILES string of the molecule is COc1n[nH]c2c1CNCC2. The predicted octanol–water partition coefficient (Wildman–Crippen LogP) is 0.0640. The minimum atomic E-state index is 0.729. The third kappa shape index (κ3) is 0.991. The van der Waals surface area contributed by atoms with E-state index in [0.29, 0.717) is 0 Å². The first-order valence-corrected chi connectivity index (χ1v) is 3.72. The van der Waals surface area contributed by atoms with Crippen LogP contribution in [0.25, 0.3) is 0 Å². The van der Waals surface area contributed by atoms with Crippen LogP contribution in [-0.2, 0) is 13.0 Å². The maximum Gasteiger partial charge on any atom is 0.237 e. The molecule has 1 aliphatic rings. The number of rotatable bonds is 1. The number of aromatic nitrogens is 2. The zero-order valence-electron chi connectivity index (χ0n) is 6.48. The lowest BCUT2D eigenvalue weighted by atomic mass is 10.1. The van der Waals surface area contributed by atoms with Crippen molar-refractivity contribution < 1.29 is 4.74 Å². The lowest BCUT2D eigenvalue weighted by Gasteiger charge is -2.11. The maximum atomic E-state index is 5.07. The Balaban J connectivity index is 2.38. The van der Waals surface area contributed by atoms with Crippen LogP contribution in [0.15, 0.2) is 0 Å². The summed E-state index contributed by atoms with van der Waals surface area (Å²) in [5, 5.41) is 10.3. The summed E-state index contributed by atoms with van der Waals surface area (Å²) in [6, 6.07) is 0. The van der Waals surface area contributed by atoms with Gasteiger partial charge in [-0.3, -0.25) is 5.10 Å². The van der Waals surface area contributed by atoms with Gasteiger partial charge in [-0.05, 0) is 0 Å². The van der Waals surface area contributed by atoms with Gasteiger partial charge in [0.2, 0.25) is 5.88 Å². The molecule has 60 valence electrons. The molecule has 0 atom stereocenters. The minimum Gasteiger partial charge on any atom is -0.480 e. The van der Waals surface area contributed by atoms with Gasteiger partial charge in [-0.15, -0.1) is 5.10 Å². The molecule has 0 radical (unpaired) electrons. The summed E-state index contributed by atoms with van der Waals surface area (Å²) in [5.74, 6) is 0.729. The molecular formula is C7H11N3O. The van der Waals surface area contributed by atoms with Crippen molar-refractivity contribution in [2.75, 3.05) is 13.7 Å². The lowest BCUT2D eigenvalue weighted by Crippen LogP contribution is -2.23. The average molecular weight is 153 g/mol. The number of nitrogens with zero attached hydrogens (tertiary/aromatic N) is 1. The first kappa shape index (κ1) is 6.67. The molecule has 1 aromatic rings. The standard InChI is InChI=1S/C7H11N3O/c1-11-7-5-4-8-3-2-6(5)9-10-7/h8H,2-4H2,1H3,(H,9,10). The summed E-state index contributed by atoms with van der Waals surface area (Å²) in [4.78, 5) is 0. The second-order valence-corrected chi connectivity index (χ2v) is 2.62. The summed E-state index contributed by atoms with van der Waals surface area (Å²) in [6.45, 7) is 1.90. The molecule has 1 aliphatic heterocycles. The second kappa shape index (κ2) is 2.54. The van der Waals surface area contributed by atoms with E-state index in [0.717, 1.165) is 25.4 Å². The zero-order valence-corrected chi connectivity index (χ0v) is 6.48. The molecule has 4 heteroatoms. The van der Waals surface area contributed by atoms with Crippen LogP contribution in [0.5, 0.6) is 5.88 Å². The van der Waals surface area contributed by atoms with E-state index in [1.165, 1.54) is 11.3 Å². The monoisotopic (exact) mass is 153 g/mol. The molecule has 4 nitrogen and oxygen atoms in total. The first-order valence-electron chi connectivity index (χ1n) is 3.72. The number of aromatic amines is 1. The van der Waals surface area contributed by atoms with E-state index >= 15 is 0 Å². The summed E-state index contributed by atoms with van der Waals surface area (Å²) >= 11 is 0. The van der Waals surface area contributed by atoms with Crippen LogP contribution in [0.3, 0.4) is 0 Å². The van der Waals surface area contributed by atoms with Gasteiger partial charge in [-0.25, -0.2) is 0 Å². The number of fused-ring (bicyclic) bond motifs is 1. The van der Waals surface area contributed by atoms with Gasteiger partial charge in [-0.2, -0.15) is 0 Å². The van der Waals surface area contributed by atoms with Crippen LogP contribution >= 0.6 is 0 Å². The van der Waals surface area contributed by atoms with Gasteiger partial charge < -0.3 is 10.1 Å². The van der Waals surface area contributed by atoms with Crippen molar-refractivity contribution in [3.05, 3.63) is 11.3 Å². The van der Waals surface area contributed by atoms with Crippen LogP contribution in [0.1, 0.15) is 11.3 Å². The Bertz CT molecular complexity index is 243. The lowest BCUT2D eigenvalue weighted by molar-refractivity contribution is 0.390. The number of H-pyrrole nitrogens is 1. The van der Waals surface area contributed by atoms with Crippen LogP contribution in [0, 0.1) is 0 Å². The van der Waals surface area contributed by atoms with Crippen LogP contribution < -0.4 is 10.1 Å². The number of ether oxygens (including phenoxy) is 1. The van der Waals surface area contributed by atoms with E-state index in [9.17, 15) is 0 Å². The molecule has 2 N–H and O–H groups in total. The van der Waals surface area contributed by atoms with Crippen LogP contribution in [-0.4, -0.2) is 23.9 Å². The van der Waals surface area contributed by atoms with Gasteiger partial charge in [0.15, 0.2) is 0 Å². The summed E-state index contributed by atoms with van der Waals surface area (Å²) in [6.07, 6.45) is 1.02. The van der Waals surface area contributed by atoms with Gasteiger partial charge in [0.1, 0.15) is 0 Å². The molecule has 0 amide bonds. The van der Waals surface area contributed by atoms with E-state index in [-0.39, 0.29) is 0 Å². The smallest absolute Gasteiger partial charge is 0.237 e. The van der Waals surface area contributed by atoms with Crippen molar-refractivity contribution in [2.45, 2.75) is 13.0 Å². The summed E-state index contributed by atoms with van der Waals surface area (Å²) in [5.41, 5.74) is 2.39. The van der Waals surface area contributed by atoms with Crippen molar-refractivity contribution in [3.8, 4) is 5.88 Å². The topological polar surface area (TPSA) is 49.9 Å². The first-order chi connectivity index (χ1) is 5.42. The number of methoxy groups -OCH3 is 1. The molecule has 0 fully saturated rings. The van der Waals surface area contributed by atoms with E-state index in [1.54, 1.807) is 7.11 Å². The highest BCUT2D eigenvalue weighted by Gasteiger charge is 2.16. The molecule has 0 spiro atoms. The number of nitrogens with one attached hydrogen (secondary N) is 2. The fourth-order valence-corrected chi connectivity index (χ4v) is 1.37. The molecule has 1 aromatic heterocycles. The molecule has 0 aromatic carbocycles. The fraction of sp³-hybridized carbons (Fsp3) is 0.571. The van der Waals surface area contributed by atoms with Gasteiger partial charge in [0.25, 0.3) is 0 Å². The molecule has 0 saturated heterocycles. The van der Waals surface area contributed by atoms with Gasteiger partial charge >= 0.3 is 0 Å². The van der Waals surface area contributed by atoms with Crippen LogP contribution in [0.2, 0.25) is 0 Å². The molecule has 0 unspecified atom stereocenters. The normalized spacial score (nSPS) is 16.1. The molecule has 0 bridgehead atoms. The molecular weight excluding hydrogens is 142 g/mol. The highest BCUT2D eigenvalue weighted by Crippen LogP contribution is 2.20. The molecule has 11 heavy (non-hydrogen) atoms. The quantitative estimate of drug-likeness (QED) is 0.600. The minimum absolute atomic E-state index is 0.729. The Morgan fingerprint density at radius 1 is 1.55 bits per heavy atom. The molecule has 0 saturated carbocycles. The zero-order chi connectivity index (χ0) is 7.68. The predicted molar refractivity (Wildman–Crippen MR) is 40.6 cm³/mol.